The number of likely N-dealkylation sites (tertiary alicyclic amines) is 1. The van der Waals surface area contributed by atoms with Gasteiger partial charge < -0.3 is 15.7 Å². The highest BCUT2D eigenvalue weighted by Crippen LogP contribution is 2.31. The van der Waals surface area contributed by atoms with E-state index < -0.39 is 23.7 Å². The van der Waals surface area contributed by atoms with Gasteiger partial charge in [0.25, 0.3) is 5.91 Å². The van der Waals surface area contributed by atoms with Gasteiger partial charge in [-0.05, 0) is 19.8 Å². The van der Waals surface area contributed by atoms with Gasteiger partial charge in [-0.1, -0.05) is 0 Å². The largest absolute Gasteiger partial charge is 0.415 e. The average molecular weight is 240 g/mol. The summed E-state index contributed by atoms with van der Waals surface area (Å²) in [4.78, 5) is 12.7. The number of alkyl halides is 3. The Balaban J connectivity index is 2.85. The number of amides is 1. The summed E-state index contributed by atoms with van der Waals surface area (Å²) < 4.78 is 37.6. The molecule has 0 aromatic carbocycles. The molecule has 1 aliphatic heterocycles. The van der Waals surface area contributed by atoms with Crippen molar-refractivity contribution in [3.63, 3.8) is 0 Å². The first-order chi connectivity index (χ1) is 7.21. The Morgan fingerprint density at radius 3 is 2.56 bits per heavy atom. The summed E-state index contributed by atoms with van der Waals surface area (Å²) in [6.45, 7) is 0.536. The van der Waals surface area contributed by atoms with Crippen LogP contribution >= 0.6 is 0 Å². The lowest BCUT2D eigenvalue weighted by molar-refractivity contribution is -0.194. The third kappa shape index (κ3) is 2.15. The molecule has 1 rings (SSSR count). The van der Waals surface area contributed by atoms with Gasteiger partial charge in [0.15, 0.2) is 5.54 Å². The van der Waals surface area contributed by atoms with Crippen LogP contribution in [0.5, 0.6) is 0 Å². The molecule has 0 saturated carbocycles. The van der Waals surface area contributed by atoms with E-state index in [-0.39, 0.29) is 13.2 Å². The molecule has 0 radical (unpaired) electrons. The predicted molar refractivity (Wildman–Crippen MR) is 50.5 cm³/mol. The topological polar surface area (TPSA) is 66.6 Å². The van der Waals surface area contributed by atoms with Crippen LogP contribution in [0.25, 0.3) is 0 Å². The Morgan fingerprint density at radius 1 is 1.56 bits per heavy atom. The first-order valence-corrected chi connectivity index (χ1v) is 4.99. The third-order valence-corrected chi connectivity index (χ3v) is 2.88. The zero-order chi connectivity index (χ0) is 12.6. The molecule has 94 valence electrons. The maximum absolute atomic E-state index is 12.5. The summed E-state index contributed by atoms with van der Waals surface area (Å²) in [5.41, 5.74) is 2.15. The second kappa shape index (κ2) is 4.21. The van der Waals surface area contributed by atoms with E-state index in [1.165, 1.54) is 0 Å². The Labute approximate surface area is 91.2 Å². The van der Waals surface area contributed by atoms with E-state index in [0.717, 1.165) is 4.90 Å². The lowest BCUT2D eigenvalue weighted by Gasteiger charge is -2.33. The molecule has 0 aliphatic carbocycles. The van der Waals surface area contributed by atoms with Crippen molar-refractivity contribution in [3.05, 3.63) is 0 Å². The molecule has 1 aliphatic rings. The van der Waals surface area contributed by atoms with Gasteiger partial charge in [-0.2, -0.15) is 13.2 Å². The standard InChI is InChI=1S/C9H15F3N2O2/c1-8(13,9(10,11)12)7(16)14-4-2-3-6(14)5-15/h6,15H,2-5,13H2,1H3. The fraction of sp³-hybridized carbons (Fsp3) is 0.889. The maximum atomic E-state index is 12.5. The lowest BCUT2D eigenvalue weighted by atomic mass is 10.0. The van der Waals surface area contributed by atoms with Gasteiger partial charge in [0, 0.05) is 6.54 Å². The quantitative estimate of drug-likeness (QED) is 0.727. The minimum atomic E-state index is -4.79. The first kappa shape index (κ1) is 13.2. The van der Waals surface area contributed by atoms with Gasteiger partial charge in [-0.3, -0.25) is 4.79 Å². The number of carbonyl (C=O) groups excluding carboxylic acids is 1. The van der Waals surface area contributed by atoms with Crippen molar-refractivity contribution in [3.8, 4) is 0 Å². The number of aliphatic hydroxyl groups is 1. The minimum Gasteiger partial charge on any atom is -0.394 e. The Kier molecular flexibility index (Phi) is 3.49. The molecule has 3 N–H and O–H groups in total. The van der Waals surface area contributed by atoms with Crippen molar-refractivity contribution < 1.29 is 23.1 Å². The van der Waals surface area contributed by atoms with Crippen LogP contribution in [0.4, 0.5) is 13.2 Å². The van der Waals surface area contributed by atoms with E-state index in [2.05, 4.69) is 0 Å². The highest BCUT2D eigenvalue weighted by Gasteiger charge is 2.56. The third-order valence-electron chi connectivity index (χ3n) is 2.88. The van der Waals surface area contributed by atoms with E-state index in [4.69, 9.17) is 10.8 Å². The van der Waals surface area contributed by atoms with Crippen LogP contribution in [0.2, 0.25) is 0 Å². The monoisotopic (exact) mass is 240 g/mol. The molecule has 0 aromatic rings. The molecular formula is C9H15F3N2O2. The SMILES string of the molecule is CC(N)(C(=O)N1CCCC1CO)C(F)(F)F. The molecule has 0 bridgehead atoms. The smallest absolute Gasteiger partial charge is 0.394 e. The molecule has 0 spiro atoms. The Bertz CT molecular complexity index is 278. The number of nitrogens with zero attached hydrogens (tertiary/aromatic N) is 1. The molecule has 4 nitrogen and oxygen atoms in total. The van der Waals surface area contributed by atoms with Gasteiger partial charge in [0.05, 0.1) is 12.6 Å². The average Bonchev–Trinajstić information content (AvgIpc) is 2.62. The van der Waals surface area contributed by atoms with Crippen molar-refractivity contribution in [1.82, 2.24) is 4.90 Å². The first-order valence-electron chi connectivity index (χ1n) is 4.99. The van der Waals surface area contributed by atoms with Crippen LogP contribution in [0, 0.1) is 0 Å². The fourth-order valence-electron chi connectivity index (χ4n) is 1.71. The molecule has 1 fully saturated rings. The van der Waals surface area contributed by atoms with E-state index in [0.29, 0.717) is 19.8 Å². The number of halogens is 3. The van der Waals surface area contributed by atoms with Crippen LogP contribution in [-0.2, 0) is 4.79 Å². The van der Waals surface area contributed by atoms with Crippen molar-refractivity contribution in [2.45, 2.75) is 37.5 Å². The van der Waals surface area contributed by atoms with E-state index >= 15 is 0 Å². The molecule has 7 heteroatoms. The number of carbonyl (C=O) groups is 1. The van der Waals surface area contributed by atoms with Crippen LogP contribution in [0.15, 0.2) is 0 Å². The number of hydrogen-bond acceptors (Lipinski definition) is 3. The molecular weight excluding hydrogens is 225 g/mol. The van der Waals surface area contributed by atoms with Crippen molar-refractivity contribution >= 4 is 5.91 Å². The number of aliphatic hydroxyl groups excluding tert-OH is 1. The summed E-state index contributed by atoms with van der Waals surface area (Å²) in [5.74, 6) is -1.17. The van der Waals surface area contributed by atoms with Crippen molar-refractivity contribution in [2.24, 2.45) is 5.73 Å². The van der Waals surface area contributed by atoms with Gasteiger partial charge in [0.1, 0.15) is 0 Å². The Morgan fingerprint density at radius 2 is 2.12 bits per heavy atom. The number of nitrogens with two attached hydrogens (primary N) is 1. The highest BCUT2D eigenvalue weighted by atomic mass is 19.4. The predicted octanol–water partition coefficient (Wildman–Crippen LogP) is 0.249. The molecule has 0 aromatic heterocycles. The van der Waals surface area contributed by atoms with Crippen LogP contribution in [0.1, 0.15) is 19.8 Å². The summed E-state index contributed by atoms with van der Waals surface area (Å²) in [5, 5.41) is 8.94. The van der Waals surface area contributed by atoms with Gasteiger partial charge in [0.2, 0.25) is 0 Å². The van der Waals surface area contributed by atoms with E-state index in [9.17, 15) is 18.0 Å². The second-order valence-corrected chi connectivity index (χ2v) is 4.18. The Hall–Kier alpha value is -0.820. The highest BCUT2D eigenvalue weighted by molar-refractivity contribution is 5.87. The van der Waals surface area contributed by atoms with Crippen LogP contribution < -0.4 is 5.73 Å². The maximum Gasteiger partial charge on any atom is 0.415 e. The van der Waals surface area contributed by atoms with Crippen molar-refractivity contribution in [1.29, 1.82) is 0 Å². The number of rotatable bonds is 2. The zero-order valence-electron chi connectivity index (χ0n) is 8.92. The fourth-order valence-corrected chi connectivity index (χ4v) is 1.71. The molecule has 1 saturated heterocycles. The van der Waals surface area contributed by atoms with E-state index in [1.54, 1.807) is 0 Å². The second-order valence-electron chi connectivity index (χ2n) is 4.18. The van der Waals surface area contributed by atoms with E-state index in [1.807, 2.05) is 0 Å². The number of hydrogen-bond donors (Lipinski definition) is 2. The minimum absolute atomic E-state index is 0.215. The summed E-state index contributed by atoms with van der Waals surface area (Å²) in [7, 11) is 0. The summed E-state index contributed by atoms with van der Waals surface area (Å²) in [6, 6.07) is -0.544. The van der Waals surface area contributed by atoms with Crippen molar-refractivity contribution in [2.75, 3.05) is 13.2 Å². The van der Waals surface area contributed by atoms with Gasteiger partial charge >= 0.3 is 6.18 Å². The molecule has 2 atom stereocenters. The molecule has 16 heavy (non-hydrogen) atoms. The molecule has 1 heterocycles. The summed E-state index contributed by atoms with van der Waals surface area (Å²) >= 11 is 0. The summed E-state index contributed by atoms with van der Waals surface area (Å²) in [6.07, 6.45) is -3.69. The zero-order valence-corrected chi connectivity index (χ0v) is 8.92. The van der Waals surface area contributed by atoms with Crippen LogP contribution in [-0.4, -0.2) is 46.8 Å². The van der Waals surface area contributed by atoms with Gasteiger partial charge in [-0.25, -0.2) is 0 Å². The normalized spacial score (nSPS) is 25.6. The molecule has 2 unspecified atom stereocenters. The van der Waals surface area contributed by atoms with Crippen LogP contribution in [0.3, 0.4) is 0 Å². The van der Waals surface area contributed by atoms with Gasteiger partial charge in [-0.15, -0.1) is 0 Å². The molecule has 1 amide bonds. The lowest BCUT2D eigenvalue weighted by Crippen LogP contribution is -2.63.